The van der Waals surface area contributed by atoms with Crippen LogP contribution in [0.15, 0.2) is 47.1 Å². The van der Waals surface area contributed by atoms with E-state index in [0.717, 1.165) is 11.3 Å². The van der Waals surface area contributed by atoms with Crippen LogP contribution in [0.25, 0.3) is 0 Å². The van der Waals surface area contributed by atoms with Gasteiger partial charge in [-0.2, -0.15) is 0 Å². The summed E-state index contributed by atoms with van der Waals surface area (Å²) in [7, 11) is -2.84. The summed E-state index contributed by atoms with van der Waals surface area (Å²) in [5.41, 5.74) is 1.04. The van der Waals surface area contributed by atoms with Crippen molar-refractivity contribution in [3.8, 4) is 5.75 Å². The fourth-order valence-corrected chi connectivity index (χ4v) is 9.26. The molecule has 1 aromatic rings. The third kappa shape index (κ3) is 14.5. The molecule has 12 heteroatoms. The number of nitrogens with zero attached hydrogens (tertiary/aromatic N) is 1. The molecular weight excluding hydrogens is 818 g/mol. The SMILES string of the molecule is C=CCN(CCC(O[Si](C)(C)C(C)(C)C)[C@@H]1C[C@H](O[Si](C)(C)C(C)(C)C)[C@H](C(C)CC(=O)CC(C)C(/C=C/I)OCc2ccc(OC)cc2)O1)C(=O)O. The van der Waals surface area contributed by atoms with E-state index in [2.05, 4.69) is 111 Å². The predicted molar refractivity (Wildman–Crippen MR) is 229 cm³/mol. The molecule has 9 nitrogen and oxygen atoms in total. The number of amides is 1. The van der Waals surface area contributed by atoms with E-state index < -0.39 is 22.7 Å². The van der Waals surface area contributed by atoms with Gasteiger partial charge in [-0.1, -0.05) is 96.2 Å². The number of rotatable bonds is 21. The lowest BCUT2D eigenvalue weighted by molar-refractivity contribution is -0.124. The summed E-state index contributed by atoms with van der Waals surface area (Å²) in [6, 6.07) is 7.82. The standard InChI is InChI=1S/C41H70INO8Si2/c1-15-23-43(39(45)46)24-21-35(50-52(11,12)40(4,5)6)36-27-37(51-53(13,14)41(7,8)9)38(49-36)30(3)26-32(44)25-29(2)34(20-22-42)48-28-31-16-18-33(47-10)19-17-31/h15-20,22,29-30,34-38H,1,21,23-28H2,2-14H3,(H,45,46)/b22-20+/t29?,30?,34?,35?,36-,37-,38-/m0/s1. The molecule has 0 radical (unpaired) electrons. The van der Waals surface area contributed by atoms with Crippen LogP contribution in [0, 0.1) is 11.8 Å². The predicted octanol–water partition coefficient (Wildman–Crippen LogP) is 10.6. The number of methoxy groups -OCH3 is 1. The molecule has 302 valence electrons. The average Bonchev–Trinajstić information content (AvgIpc) is 3.46. The van der Waals surface area contributed by atoms with E-state index in [0.29, 0.717) is 38.8 Å². The summed E-state index contributed by atoms with van der Waals surface area (Å²) >= 11 is 2.20. The molecule has 1 fully saturated rings. The van der Waals surface area contributed by atoms with E-state index in [9.17, 15) is 14.7 Å². The van der Waals surface area contributed by atoms with Crippen molar-refractivity contribution in [3.63, 3.8) is 0 Å². The van der Waals surface area contributed by atoms with Crippen LogP contribution >= 0.6 is 22.6 Å². The smallest absolute Gasteiger partial charge is 0.407 e. The Kier molecular flexibility index (Phi) is 18.5. The second-order valence-electron chi connectivity index (χ2n) is 17.9. The summed E-state index contributed by atoms with van der Waals surface area (Å²) in [5, 5.41) is 9.80. The number of carbonyl (C=O) groups is 2. The zero-order valence-corrected chi connectivity index (χ0v) is 39.0. The van der Waals surface area contributed by atoms with Gasteiger partial charge in [-0.25, -0.2) is 4.79 Å². The summed E-state index contributed by atoms with van der Waals surface area (Å²) in [4.78, 5) is 27.2. The summed E-state index contributed by atoms with van der Waals surface area (Å²) in [5.74, 6) is 0.842. The average molecular weight is 888 g/mol. The van der Waals surface area contributed by atoms with Crippen LogP contribution in [-0.2, 0) is 29.7 Å². The second kappa shape index (κ2) is 20.6. The van der Waals surface area contributed by atoms with Crippen molar-refractivity contribution in [2.24, 2.45) is 11.8 Å². The van der Waals surface area contributed by atoms with Gasteiger partial charge < -0.3 is 33.1 Å². The first-order chi connectivity index (χ1) is 24.5. The van der Waals surface area contributed by atoms with Crippen LogP contribution < -0.4 is 4.74 Å². The number of carbonyl (C=O) groups excluding carboxylic acids is 1. The summed E-state index contributed by atoms with van der Waals surface area (Å²) in [6.07, 6.45) is 3.14. The minimum Gasteiger partial charge on any atom is -0.497 e. The molecule has 1 heterocycles. The maximum absolute atomic E-state index is 13.8. The van der Waals surface area contributed by atoms with Gasteiger partial charge in [0.05, 0.1) is 44.2 Å². The zero-order valence-electron chi connectivity index (χ0n) is 34.9. The van der Waals surface area contributed by atoms with Crippen LogP contribution in [0.1, 0.15) is 86.6 Å². The Hall–Kier alpha value is -1.56. The van der Waals surface area contributed by atoms with E-state index in [-0.39, 0.29) is 64.8 Å². The molecule has 1 aliphatic rings. The van der Waals surface area contributed by atoms with Gasteiger partial charge >= 0.3 is 6.09 Å². The maximum Gasteiger partial charge on any atom is 0.407 e. The summed E-state index contributed by atoms with van der Waals surface area (Å²) in [6.45, 7) is 31.2. The van der Waals surface area contributed by atoms with E-state index in [1.165, 1.54) is 4.90 Å². The molecule has 1 aliphatic heterocycles. The molecule has 0 aromatic heterocycles. The van der Waals surface area contributed by atoms with Gasteiger partial charge in [0.2, 0.25) is 0 Å². The van der Waals surface area contributed by atoms with E-state index in [1.807, 2.05) is 34.4 Å². The van der Waals surface area contributed by atoms with Crippen molar-refractivity contribution >= 4 is 51.1 Å². The normalized spacial score (nSPS) is 20.9. The van der Waals surface area contributed by atoms with Crippen molar-refractivity contribution in [2.45, 2.75) is 154 Å². The quantitative estimate of drug-likeness (QED) is 0.0740. The molecule has 53 heavy (non-hydrogen) atoms. The lowest BCUT2D eigenvalue weighted by atomic mass is 9.89. The molecule has 1 N–H and O–H groups in total. The highest BCUT2D eigenvalue weighted by Crippen LogP contribution is 2.44. The number of carboxylic acid groups (broad SMARTS) is 1. The van der Waals surface area contributed by atoms with E-state index >= 15 is 0 Å². The molecule has 4 unspecified atom stereocenters. The van der Waals surface area contributed by atoms with Crippen molar-refractivity contribution in [1.29, 1.82) is 0 Å². The number of ether oxygens (including phenoxy) is 3. The monoisotopic (exact) mass is 887 g/mol. The Balaban J connectivity index is 2.31. The second-order valence-corrected chi connectivity index (χ2v) is 28.1. The third-order valence-corrected chi connectivity index (χ3v) is 20.9. The fourth-order valence-electron chi connectivity index (χ4n) is 6.13. The van der Waals surface area contributed by atoms with Crippen LogP contribution in [0.3, 0.4) is 0 Å². The number of Topliss-reactive ketones (excluding diaryl/α,β-unsaturated/α-hetero) is 1. The largest absolute Gasteiger partial charge is 0.497 e. The highest BCUT2D eigenvalue weighted by atomic mass is 127. The first-order valence-corrected chi connectivity index (χ1v) is 26.2. The number of hydrogen-bond acceptors (Lipinski definition) is 7. The number of hydrogen-bond donors (Lipinski definition) is 1. The molecule has 0 spiro atoms. The highest BCUT2D eigenvalue weighted by molar-refractivity contribution is 14.1. The molecule has 1 aromatic carbocycles. The van der Waals surface area contributed by atoms with Gasteiger partial charge in [0.1, 0.15) is 11.5 Å². The van der Waals surface area contributed by atoms with Gasteiger partial charge in [-0.15, -0.1) is 6.58 Å². The van der Waals surface area contributed by atoms with Gasteiger partial charge in [0.25, 0.3) is 0 Å². The van der Waals surface area contributed by atoms with E-state index in [1.54, 1.807) is 13.2 Å². The third-order valence-electron chi connectivity index (χ3n) is 11.5. The lowest BCUT2D eigenvalue weighted by Gasteiger charge is -2.41. The van der Waals surface area contributed by atoms with Crippen molar-refractivity contribution in [3.05, 3.63) is 52.6 Å². The van der Waals surface area contributed by atoms with E-state index in [4.69, 9.17) is 23.1 Å². The molecular formula is C41H70INO8Si2. The zero-order chi connectivity index (χ0) is 40.4. The number of halogens is 1. The van der Waals surface area contributed by atoms with Gasteiger partial charge in [-0.05, 0) is 82.4 Å². The maximum atomic E-state index is 13.8. The Labute approximate surface area is 337 Å². The van der Waals surface area contributed by atoms with Crippen molar-refractivity contribution < 1.29 is 37.8 Å². The van der Waals surface area contributed by atoms with Crippen LogP contribution in [-0.4, -0.2) is 89.2 Å². The number of benzene rings is 1. The van der Waals surface area contributed by atoms with Crippen molar-refractivity contribution in [1.82, 2.24) is 4.90 Å². The molecule has 1 saturated heterocycles. The Morgan fingerprint density at radius 1 is 1.04 bits per heavy atom. The van der Waals surface area contributed by atoms with Crippen LogP contribution in [0.4, 0.5) is 4.79 Å². The molecule has 1 amide bonds. The van der Waals surface area contributed by atoms with Crippen LogP contribution in [0.5, 0.6) is 5.75 Å². The molecule has 0 bridgehead atoms. The molecule has 0 aliphatic carbocycles. The molecule has 7 atom stereocenters. The fraction of sp³-hybridized carbons (Fsp3) is 0.707. The van der Waals surface area contributed by atoms with Gasteiger partial charge in [0, 0.05) is 32.4 Å². The first-order valence-electron chi connectivity index (χ1n) is 19.1. The van der Waals surface area contributed by atoms with Crippen LogP contribution in [0.2, 0.25) is 36.3 Å². The Morgan fingerprint density at radius 3 is 2.15 bits per heavy atom. The van der Waals surface area contributed by atoms with Gasteiger partial charge in [0.15, 0.2) is 16.6 Å². The summed E-state index contributed by atoms with van der Waals surface area (Å²) < 4.78 is 34.7. The van der Waals surface area contributed by atoms with Crippen molar-refractivity contribution in [2.75, 3.05) is 20.2 Å². The Morgan fingerprint density at radius 2 is 1.64 bits per heavy atom. The highest BCUT2D eigenvalue weighted by Gasteiger charge is 2.50. The molecule has 2 rings (SSSR count). The lowest BCUT2D eigenvalue weighted by Crippen LogP contribution is -2.48. The minimum atomic E-state index is -2.27. The molecule has 0 saturated carbocycles. The number of ketones is 1. The Bertz CT molecular complexity index is 1340. The first kappa shape index (κ1) is 47.6. The minimum absolute atomic E-state index is 0.0130. The topological polar surface area (TPSA) is 104 Å². The van der Waals surface area contributed by atoms with Gasteiger partial charge in [-0.3, -0.25) is 4.79 Å².